The van der Waals surface area contributed by atoms with Crippen molar-refractivity contribution in [3.63, 3.8) is 0 Å². The molecule has 0 bridgehead atoms. The average molecular weight is 229 g/mol. The van der Waals surface area contributed by atoms with E-state index in [1.54, 1.807) is 12.1 Å². The van der Waals surface area contributed by atoms with Crippen molar-refractivity contribution in [3.8, 4) is 0 Å². The number of benzene rings is 1. The molecule has 0 spiro atoms. The van der Waals surface area contributed by atoms with Gasteiger partial charge < -0.3 is 0 Å². The SMILES string of the molecule is CC1CC1c1cc(F)ccc1Br. The molecule has 64 valence electrons. The summed E-state index contributed by atoms with van der Waals surface area (Å²) in [5.41, 5.74) is 1.13. The van der Waals surface area contributed by atoms with Gasteiger partial charge in [-0.2, -0.15) is 0 Å². The normalized spacial score (nSPS) is 27.2. The molecule has 1 aromatic carbocycles. The van der Waals surface area contributed by atoms with Gasteiger partial charge in [-0.1, -0.05) is 22.9 Å². The van der Waals surface area contributed by atoms with E-state index in [1.807, 2.05) is 0 Å². The summed E-state index contributed by atoms with van der Waals surface area (Å²) in [5, 5.41) is 0. The summed E-state index contributed by atoms with van der Waals surface area (Å²) in [6.07, 6.45) is 1.20. The lowest BCUT2D eigenvalue weighted by Crippen LogP contribution is -1.85. The first-order valence-electron chi connectivity index (χ1n) is 4.13. The van der Waals surface area contributed by atoms with Crippen LogP contribution in [0.5, 0.6) is 0 Å². The van der Waals surface area contributed by atoms with Crippen LogP contribution in [-0.4, -0.2) is 0 Å². The Morgan fingerprint density at radius 3 is 2.75 bits per heavy atom. The van der Waals surface area contributed by atoms with E-state index >= 15 is 0 Å². The van der Waals surface area contributed by atoms with E-state index in [4.69, 9.17) is 0 Å². The van der Waals surface area contributed by atoms with Crippen LogP contribution in [0.25, 0.3) is 0 Å². The lowest BCUT2D eigenvalue weighted by molar-refractivity contribution is 0.624. The third kappa shape index (κ3) is 1.40. The number of hydrogen-bond acceptors (Lipinski definition) is 0. The molecule has 0 saturated heterocycles. The van der Waals surface area contributed by atoms with E-state index in [9.17, 15) is 4.39 Å². The number of halogens is 2. The molecule has 1 aliphatic rings. The van der Waals surface area contributed by atoms with Gasteiger partial charge >= 0.3 is 0 Å². The smallest absolute Gasteiger partial charge is 0.123 e. The Kier molecular flexibility index (Phi) is 1.95. The minimum atomic E-state index is -0.132. The van der Waals surface area contributed by atoms with Crippen molar-refractivity contribution in [1.82, 2.24) is 0 Å². The molecule has 1 aliphatic carbocycles. The van der Waals surface area contributed by atoms with Crippen LogP contribution in [0.15, 0.2) is 22.7 Å². The highest BCUT2D eigenvalue weighted by atomic mass is 79.9. The van der Waals surface area contributed by atoms with Gasteiger partial charge in [0.15, 0.2) is 0 Å². The Bertz CT molecular complexity index is 309. The first-order valence-corrected chi connectivity index (χ1v) is 4.92. The van der Waals surface area contributed by atoms with E-state index in [-0.39, 0.29) is 5.82 Å². The van der Waals surface area contributed by atoms with E-state index in [2.05, 4.69) is 22.9 Å². The summed E-state index contributed by atoms with van der Waals surface area (Å²) in [6.45, 7) is 2.20. The Hall–Kier alpha value is -0.370. The standard InChI is InChI=1S/C10H10BrF/c1-6-4-8(6)9-5-7(12)2-3-10(9)11/h2-3,5-6,8H,4H2,1H3. The van der Waals surface area contributed by atoms with Crippen molar-refractivity contribution < 1.29 is 4.39 Å². The van der Waals surface area contributed by atoms with Crippen LogP contribution in [0.4, 0.5) is 4.39 Å². The van der Waals surface area contributed by atoms with Gasteiger partial charge in [-0.15, -0.1) is 0 Å². The van der Waals surface area contributed by atoms with E-state index in [1.165, 1.54) is 12.5 Å². The van der Waals surface area contributed by atoms with E-state index in [0.717, 1.165) is 16.0 Å². The minimum Gasteiger partial charge on any atom is -0.207 e. The summed E-state index contributed by atoms with van der Waals surface area (Å²) >= 11 is 3.43. The Morgan fingerprint density at radius 2 is 2.17 bits per heavy atom. The Morgan fingerprint density at radius 1 is 1.50 bits per heavy atom. The van der Waals surface area contributed by atoms with Gasteiger partial charge in [0.05, 0.1) is 0 Å². The fourth-order valence-electron chi connectivity index (χ4n) is 1.55. The van der Waals surface area contributed by atoms with Crippen molar-refractivity contribution >= 4 is 15.9 Å². The van der Waals surface area contributed by atoms with Crippen LogP contribution in [-0.2, 0) is 0 Å². The molecule has 0 nitrogen and oxygen atoms in total. The number of rotatable bonds is 1. The second-order valence-electron chi connectivity index (χ2n) is 3.49. The van der Waals surface area contributed by atoms with Crippen LogP contribution in [0.2, 0.25) is 0 Å². The van der Waals surface area contributed by atoms with Crippen molar-refractivity contribution in [2.24, 2.45) is 5.92 Å². The fourth-order valence-corrected chi connectivity index (χ4v) is 2.09. The molecule has 0 aliphatic heterocycles. The summed E-state index contributed by atoms with van der Waals surface area (Å²) in [4.78, 5) is 0. The van der Waals surface area contributed by atoms with Gasteiger partial charge in [-0.25, -0.2) is 4.39 Å². The van der Waals surface area contributed by atoms with Crippen LogP contribution in [0, 0.1) is 11.7 Å². The third-order valence-electron chi connectivity index (χ3n) is 2.47. The maximum absolute atomic E-state index is 12.8. The second kappa shape index (κ2) is 2.84. The number of hydrogen-bond donors (Lipinski definition) is 0. The van der Waals surface area contributed by atoms with Gasteiger partial charge in [0.2, 0.25) is 0 Å². The fraction of sp³-hybridized carbons (Fsp3) is 0.400. The highest BCUT2D eigenvalue weighted by Gasteiger charge is 2.35. The highest BCUT2D eigenvalue weighted by Crippen LogP contribution is 2.49. The van der Waals surface area contributed by atoms with Crippen LogP contribution < -0.4 is 0 Å². The highest BCUT2D eigenvalue weighted by molar-refractivity contribution is 9.10. The lowest BCUT2D eigenvalue weighted by atomic mass is 10.1. The molecule has 0 N–H and O–H groups in total. The Labute approximate surface area is 79.9 Å². The molecule has 1 saturated carbocycles. The molecular formula is C10H10BrF. The quantitative estimate of drug-likeness (QED) is 0.688. The van der Waals surface area contributed by atoms with E-state index < -0.39 is 0 Å². The molecule has 1 aromatic rings. The maximum atomic E-state index is 12.8. The molecule has 0 aromatic heterocycles. The van der Waals surface area contributed by atoms with Crippen molar-refractivity contribution in [3.05, 3.63) is 34.1 Å². The maximum Gasteiger partial charge on any atom is 0.123 e. The molecular weight excluding hydrogens is 219 g/mol. The monoisotopic (exact) mass is 228 g/mol. The molecule has 0 amide bonds. The van der Waals surface area contributed by atoms with E-state index in [0.29, 0.717) is 5.92 Å². The lowest BCUT2D eigenvalue weighted by Gasteiger charge is -2.01. The summed E-state index contributed by atoms with van der Waals surface area (Å²) in [5.74, 6) is 1.17. The molecule has 0 radical (unpaired) electrons. The predicted molar refractivity (Wildman–Crippen MR) is 50.6 cm³/mol. The van der Waals surface area contributed by atoms with Crippen LogP contribution >= 0.6 is 15.9 Å². The average Bonchev–Trinajstić information content (AvgIpc) is 2.73. The molecule has 12 heavy (non-hydrogen) atoms. The molecule has 2 unspecified atom stereocenters. The zero-order valence-electron chi connectivity index (χ0n) is 6.85. The van der Waals surface area contributed by atoms with Crippen molar-refractivity contribution in [1.29, 1.82) is 0 Å². The van der Waals surface area contributed by atoms with Crippen molar-refractivity contribution in [2.75, 3.05) is 0 Å². The van der Waals surface area contributed by atoms with Gasteiger partial charge in [0.25, 0.3) is 0 Å². The summed E-state index contributed by atoms with van der Waals surface area (Å²) in [6, 6.07) is 4.91. The molecule has 2 heteroatoms. The predicted octanol–water partition coefficient (Wildman–Crippen LogP) is 3.71. The van der Waals surface area contributed by atoms with Gasteiger partial charge in [-0.05, 0) is 42.0 Å². The second-order valence-corrected chi connectivity index (χ2v) is 4.34. The topological polar surface area (TPSA) is 0 Å². The summed E-state index contributed by atoms with van der Waals surface area (Å²) < 4.78 is 13.9. The van der Waals surface area contributed by atoms with Gasteiger partial charge in [0, 0.05) is 4.47 Å². The Balaban J connectivity index is 2.36. The third-order valence-corrected chi connectivity index (χ3v) is 3.19. The van der Waals surface area contributed by atoms with Crippen LogP contribution in [0.3, 0.4) is 0 Å². The van der Waals surface area contributed by atoms with Gasteiger partial charge in [0.1, 0.15) is 5.82 Å². The van der Waals surface area contributed by atoms with Crippen LogP contribution in [0.1, 0.15) is 24.8 Å². The minimum absolute atomic E-state index is 0.132. The van der Waals surface area contributed by atoms with Gasteiger partial charge in [-0.3, -0.25) is 0 Å². The zero-order valence-corrected chi connectivity index (χ0v) is 8.44. The molecule has 2 atom stereocenters. The zero-order chi connectivity index (χ0) is 8.72. The molecule has 0 heterocycles. The first kappa shape index (κ1) is 8.24. The molecule has 1 fully saturated rings. The summed E-state index contributed by atoms with van der Waals surface area (Å²) in [7, 11) is 0. The molecule has 2 rings (SSSR count). The first-order chi connectivity index (χ1) is 5.68. The largest absolute Gasteiger partial charge is 0.207 e. The van der Waals surface area contributed by atoms with Crippen molar-refractivity contribution in [2.45, 2.75) is 19.3 Å².